The Bertz CT molecular complexity index is 919. The Morgan fingerprint density at radius 1 is 0.760 bits per heavy atom. The molecule has 0 bridgehead atoms. The Morgan fingerprint density at radius 2 is 1.48 bits per heavy atom. The summed E-state index contributed by atoms with van der Waals surface area (Å²) in [7, 11) is 0. The van der Waals surface area contributed by atoms with Gasteiger partial charge in [-0.15, -0.1) is 5.11 Å². The number of nitrogens with zero attached hydrogens (tertiary/aromatic N) is 2. The van der Waals surface area contributed by atoms with Gasteiger partial charge in [-0.2, -0.15) is 5.11 Å². The quantitative estimate of drug-likeness (QED) is 0.317. The molecule has 126 valence electrons. The number of phenols is 2. The van der Waals surface area contributed by atoms with Gasteiger partial charge in [0.05, 0.1) is 11.4 Å². The number of para-hydroxylation sites is 1. The maximum absolute atomic E-state index is 10.2. The molecule has 0 saturated heterocycles. The molecule has 0 aromatic heterocycles. The average Bonchev–Trinajstić information content (AvgIpc) is 2.60. The third kappa shape index (κ3) is 3.95. The van der Waals surface area contributed by atoms with Gasteiger partial charge in [-0.3, -0.25) is 0 Å². The smallest absolute Gasteiger partial charge is 0.145 e. The van der Waals surface area contributed by atoms with Crippen molar-refractivity contribution in [3.8, 4) is 11.5 Å². The van der Waals surface area contributed by atoms with Crippen LogP contribution in [-0.2, 0) is 0 Å². The molecule has 25 heavy (non-hydrogen) atoms. The molecule has 0 aliphatic carbocycles. The summed E-state index contributed by atoms with van der Waals surface area (Å²) < 4.78 is 0. The summed E-state index contributed by atoms with van der Waals surface area (Å²) in [6.07, 6.45) is 0. The molecule has 3 rings (SSSR count). The van der Waals surface area contributed by atoms with E-state index < -0.39 is 0 Å². The Kier molecular flexibility index (Phi) is 4.66. The summed E-state index contributed by atoms with van der Waals surface area (Å²) in [6.45, 7) is 3.95. The van der Waals surface area contributed by atoms with Gasteiger partial charge in [0.15, 0.2) is 0 Å². The molecule has 0 aliphatic heterocycles. The lowest BCUT2D eigenvalue weighted by Gasteiger charge is -2.12. The van der Waals surface area contributed by atoms with Crippen LogP contribution in [0.25, 0.3) is 0 Å². The zero-order valence-corrected chi connectivity index (χ0v) is 14.1. The number of benzene rings is 3. The zero-order valence-electron chi connectivity index (χ0n) is 14.1. The van der Waals surface area contributed by atoms with Crippen LogP contribution in [0.1, 0.15) is 11.1 Å². The summed E-state index contributed by atoms with van der Waals surface area (Å²) in [5, 5.41) is 31.6. The molecule has 0 fully saturated rings. The van der Waals surface area contributed by atoms with Crippen LogP contribution in [0.2, 0.25) is 0 Å². The molecule has 3 N–H and O–H groups in total. The normalized spacial score (nSPS) is 11.0. The van der Waals surface area contributed by atoms with Gasteiger partial charge in [0.25, 0.3) is 0 Å². The Morgan fingerprint density at radius 3 is 2.20 bits per heavy atom. The van der Waals surface area contributed by atoms with Gasteiger partial charge in [-0.05, 0) is 37.6 Å². The van der Waals surface area contributed by atoms with E-state index in [4.69, 9.17) is 0 Å². The van der Waals surface area contributed by atoms with Gasteiger partial charge in [-0.1, -0.05) is 35.9 Å². The number of anilines is 2. The van der Waals surface area contributed by atoms with E-state index in [2.05, 4.69) is 15.5 Å². The summed E-state index contributed by atoms with van der Waals surface area (Å²) in [4.78, 5) is 0. The number of aryl methyl sites for hydroxylation is 2. The van der Waals surface area contributed by atoms with Crippen LogP contribution in [0.15, 0.2) is 70.9 Å². The van der Waals surface area contributed by atoms with Gasteiger partial charge >= 0.3 is 0 Å². The highest BCUT2D eigenvalue weighted by atomic mass is 16.3. The standard InChI is InChI=1S/C20H19N3O2/c1-13-7-9-15(10-8-13)22-23-18-12-19(24)17(11-20(18)25)21-16-6-4-3-5-14(16)2/h3-12,21,24-25H,1-2H3. The molecule has 0 atom stereocenters. The van der Waals surface area contributed by atoms with Crippen LogP contribution in [0.5, 0.6) is 11.5 Å². The Labute approximate surface area is 146 Å². The fourth-order valence-corrected chi connectivity index (χ4v) is 2.33. The van der Waals surface area contributed by atoms with Crippen molar-refractivity contribution in [1.29, 1.82) is 0 Å². The van der Waals surface area contributed by atoms with E-state index >= 15 is 0 Å². The number of phenolic OH excluding ortho intramolecular Hbond substituents is 2. The van der Waals surface area contributed by atoms with E-state index in [9.17, 15) is 10.2 Å². The fourth-order valence-electron chi connectivity index (χ4n) is 2.33. The van der Waals surface area contributed by atoms with Crippen LogP contribution >= 0.6 is 0 Å². The van der Waals surface area contributed by atoms with Crippen LogP contribution in [0.3, 0.4) is 0 Å². The van der Waals surface area contributed by atoms with E-state index in [1.165, 1.54) is 12.1 Å². The molecule has 3 aromatic carbocycles. The molecule has 5 heteroatoms. The summed E-state index contributed by atoms with van der Waals surface area (Å²) in [5.41, 5.74) is 4.29. The lowest BCUT2D eigenvalue weighted by molar-refractivity contribution is 0.463. The number of hydrogen-bond acceptors (Lipinski definition) is 5. The third-order valence-electron chi connectivity index (χ3n) is 3.81. The van der Waals surface area contributed by atoms with E-state index in [0.29, 0.717) is 11.4 Å². The van der Waals surface area contributed by atoms with Gasteiger partial charge in [-0.25, -0.2) is 0 Å². The Hall–Kier alpha value is -3.34. The molecular formula is C20H19N3O2. The minimum Gasteiger partial charge on any atom is -0.506 e. The van der Waals surface area contributed by atoms with Gasteiger partial charge in [0, 0.05) is 17.8 Å². The molecule has 5 nitrogen and oxygen atoms in total. The van der Waals surface area contributed by atoms with Crippen molar-refractivity contribution in [3.05, 3.63) is 71.8 Å². The first kappa shape index (κ1) is 16.5. The first-order valence-electron chi connectivity index (χ1n) is 7.90. The molecule has 0 radical (unpaired) electrons. The minimum atomic E-state index is -0.0651. The summed E-state index contributed by atoms with van der Waals surface area (Å²) in [6, 6.07) is 18.1. The van der Waals surface area contributed by atoms with Crippen molar-refractivity contribution >= 4 is 22.7 Å². The van der Waals surface area contributed by atoms with Gasteiger partial charge in [0.1, 0.15) is 17.2 Å². The van der Waals surface area contributed by atoms with Crippen LogP contribution in [0, 0.1) is 13.8 Å². The highest BCUT2D eigenvalue weighted by Gasteiger charge is 2.09. The predicted molar refractivity (Wildman–Crippen MR) is 99.6 cm³/mol. The molecule has 0 unspecified atom stereocenters. The maximum Gasteiger partial charge on any atom is 0.145 e. The first-order chi connectivity index (χ1) is 12.0. The molecular weight excluding hydrogens is 314 g/mol. The number of azo groups is 1. The highest BCUT2D eigenvalue weighted by Crippen LogP contribution is 2.39. The lowest BCUT2D eigenvalue weighted by atomic mass is 10.2. The van der Waals surface area contributed by atoms with Crippen molar-refractivity contribution in [2.75, 3.05) is 5.32 Å². The zero-order chi connectivity index (χ0) is 17.8. The fraction of sp³-hybridized carbons (Fsp3) is 0.100. The predicted octanol–water partition coefficient (Wildman–Crippen LogP) is 5.87. The van der Waals surface area contributed by atoms with Gasteiger partial charge in [0.2, 0.25) is 0 Å². The maximum atomic E-state index is 10.2. The second kappa shape index (κ2) is 7.05. The highest BCUT2D eigenvalue weighted by molar-refractivity contribution is 5.73. The molecule has 0 saturated carbocycles. The average molecular weight is 333 g/mol. The monoisotopic (exact) mass is 333 g/mol. The van der Waals surface area contributed by atoms with Crippen molar-refractivity contribution < 1.29 is 10.2 Å². The molecule has 0 spiro atoms. The largest absolute Gasteiger partial charge is 0.506 e. The molecule has 3 aromatic rings. The van der Waals surface area contributed by atoms with E-state index in [1.54, 1.807) is 0 Å². The second-order valence-electron chi connectivity index (χ2n) is 5.83. The topological polar surface area (TPSA) is 77.2 Å². The van der Waals surface area contributed by atoms with E-state index in [1.807, 2.05) is 62.4 Å². The molecule has 0 aliphatic rings. The Balaban J connectivity index is 1.85. The second-order valence-corrected chi connectivity index (χ2v) is 5.83. The van der Waals surface area contributed by atoms with Crippen LogP contribution in [-0.4, -0.2) is 10.2 Å². The SMILES string of the molecule is Cc1ccc(N=Nc2cc(O)c(Nc3ccccc3C)cc2O)cc1. The lowest BCUT2D eigenvalue weighted by Crippen LogP contribution is -1.93. The number of hydrogen-bond donors (Lipinski definition) is 3. The first-order valence-corrected chi connectivity index (χ1v) is 7.90. The number of rotatable bonds is 4. The third-order valence-corrected chi connectivity index (χ3v) is 3.81. The van der Waals surface area contributed by atoms with Crippen molar-refractivity contribution in [2.45, 2.75) is 13.8 Å². The summed E-state index contributed by atoms with van der Waals surface area (Å²) in [5.74, 6) is -0.0799. The van der Waals surface area contributed by atoms with Gasteiger partial charge < -0.3 is 15.5 Å². The van der Waals surface area contributed by atoms with Crippen molar-refractivity contribution in [1.82, 2.24) is 0 Å². The van der Waals surface area contributed by atoms with E-state index in [-0.39, 0.29) is 17.2 Å². The van der Waals surface area contributed by atoms with Crippen molar-refractivity contribution in [3.63, 3.8) is 0 Å². The van der Waals surface area contributed by atoms with Crippen molar-refractivity contribution in [2.24, 2.45) is 10.2 Å². The minimum absolute atomic E-state index is 0.0149. The van der Waals surface area contributed by atoms with E-state index in [0.717, 1.165) is 16.8 Å². The molecule has 0 amide bonds. The van der Waals surface area contributed by atoms with Crippen LogP contribution in [0.4, 0.5) is 22.7 Å². The number of aromatic hydroxyl groups is 2. The number of nitrogens with one attached hydrogen (secondary N) is 1. The van der Waals surface area contributed by atoms with Crippen LogP contribution < -0.4 is 5.32 Å². The summed E-state index contributed by atoms with van der Waals surface area (Å²) >= 11 is 0. The molecule has 0 heterocycles.